The van der Waals surface area contributed by atoms with Gasteiger partial charge >= 0.3 is 0 Å². The summed E-state index contributed by atoms with van der Waals surface area (Å²) in [6.45, 7) is 7.63. The molecule has 9 heteroatoms. The van der Waals surface area contributed by atoms with Gasteiger partial charge in [-0.3, -0.25) is 29.2 Å². The number of ether oxygens (including phenoxy) is 1. The van der Waals surface area contributed by atoms with Gasteiger partial charge < -0.3 is 10.1 Å². The third-order valence-corrected chi connectivity index (χ3v) is 3.87. The van der Waals surface area contributed by atoms with Crippen LogP contribution >= 0.6 is 0 Å². The number of rotatable bonds is 7. The van der Waals surface area contributed by atoms with E-state index in [0.29, 0.717) is 19.1 Å². The first kappa shape index (κ1) is 19.1. The average molecular weight is 352 g/mol. The lowest BCUT2D eigenvalue weighted by Crippen LogP contribution is -2.48. The lowest BCUT2D eigenvalue weighted by molar-refractivity contribution is -0.385. The third kappa shape index (κ3) is 5.95. The number of hydrogen-bond acceptors (Lipinski definition) is 6. The van der Waals surface area contributed by atoms with E-state index >= 15 is 0 Å². The number of hydrogen-bond donors (Lipinski definition) is 1. The minimum absolute atomic E-state index is 0.0988. The normalized spacial score (nSPS) is 18.3. The van der Waals surface area contributed by atoms with Gasteiger partial charge in [0.1, 0.15) is 6.54 Å². The minimum Gasteiger partial charge on any atom is -0.374 e. The largest absolute Gasteiger partial charge is 0.374 e. The van der Waals surface area contributed by atoms with Gasteiger partial charge in [0, 0.05) is 38.3 Å². The van der Waals surface area contributed by atoms with E-state index in [-0.39, 0.29) is 24.2 Å². The third-order valence-electron chi connectivity index (χ3n) is 3.87. The first-order valence-corrected chi connectivity index (χ1v) is 8.30. The standard InChI is InChI=1S/C16H24N4O5/c1-12(2)8-18-5-6-25-14(10-18)7-17-15(21)11-19-9-13(20(23)24)3-4-16(19)22/h3-4,9,12,14H,5-8,10-11H2,1-2H3,(H,17,21). The van der Waals surface area contributed by atoms with Gasteiger partial charge in [0.15, 0.2) is 0 Å². The van der Waals surface area contributed by atoms with Gasteiger partial charge in [-0.25, -0.2) is 0 Å². The van der Waals surface area contributed by atoms with Crippen LogP contribution in [0.4, 0.5) is 5.69 Å². The zero-order valence-corrected chi connectivity index (χ0v) is 14.5. The van der Waals surface area contributed by atoms with E-state index in [4.69, 9.17) is 4.74 Å². The lowest BCUT2D eigenvalue weighted by Gasteiger charge is -2.33. The smallest absolute Gasteiger partial charge is 0.285 e. The SMILES string of the molecule is CC(C)CN1CCOC(CNC(=O)Cn2cc([N+](=O)[O-])ccc2=O)C1. The highest BCUT2D eigenvalue weighted by atomic mass is 16.6. The number of nitro groups is 1. The Morgan fingerprint density at radius 3 is 2.92 bits per heavy atom. The predicted molar refractivity (Wildman–Crippen MR) is 91.4 cm³/mol. The minimum atomic E-state index is -0.604. The van der Waals surface area contributed by atoms with Crippen LogP contribution in [0.2, 0.25) is 0 Å². The Labute approximate surface area is 145 Å². The van der Waals surface area contributed by atoms with Crippen LogP contribution in [0.25, 0.3) is 0 Å². The van der Waals surface area contributed by atoms with Crippen molar-refractivity contribution in [3.8, 4) is 0 Å². The van der Waals surface area contributed by atoms with E-state index in [1.54, 1.807) is 0 Å². The average Bonchev–Trinajstić information content (AvgIpc) is 2.54. The molecule has 1 aromatic rings. The molecule has 25 heavy (non-hydrogen) atoms. The summed E-state index contributed by atoms with van der Waals surface area (Å²) >= 11 is 0. The monoisotopic (exact) mass is 352 g/mol. The molecule has 0 aromatic carbocycles. The number of pyridine rings is 1. The van der Waals surface area contributed by atoms with E-state index in [1.165, 1.54) is 0 Å². The van der Waals surface area contributed by atoms with Crippen LogP contribution in [0.5, 0.6) is 0 Å². The number of carbonyl (C=O) groups excluding carboxylic acids is 1. The number of aromatic nitrogens is 1. The van der Waals surface area contributed by atoms with Gasteiger partial charge in [0.25, 0.3) is 11.2 Å². The summed E-state index contributed by atoms with van der Waals surface area (Å²) in [5.74, 6) is 0.182. The molecule has 1 N–H and O–H groups in total. The fraction of sp³-hybridized carbons (Fsp3) is 0.625. The molecule has 0 aliphatic carbocycles. The van der Waals surface area contributed by atoms with E-state index in [9.17, 15) is 19.7 Å². The molecule has 0 spiro atoms. The second kappa shape index (κ2) is 8.72. The summed E-state index contributed by atoms with van der Waals surface area (Å²) in [6.07, 6.45) is 0.974. The molecular formula is C16H24N4O5. The van der Waals surface area contributed by atoms with Crippen molar-refractivity contribution in [3.63, 3.8) is 0 Å². The summed E-state index contributed by atoms with van der Waals surface area (Å²) < 4.78 is 6.68. The molecule has 0 bridgehead atoms. The topological polar surface area (TPSA) is 107 Å². The molecule has 138 valence electrons. The molecule has 1 aliphatic heterocycles. The highest BCUT2D eigenvalue weighted by molar-refractivity contribution is 5.75. The van der Waals surface area contributed by atoms with Crippen LogP contribution in [-0.2, 0) is 16.1 Å². The Bertz CT molecular complexity index is 673. The Hall–Kier alpha value is -2.26. The maximum atomic E-state index is 12.0. The fourth-order valence-electron chi connectivity index (χ4n) is 2.77. The first-order valence-electron chi connectivity index (χ1n) is 8.30. The molecular weight excluding hydrogens is 328 g/mol. The molecule has 1 saturated heterocycles. The summed E-state index contributed by atoms with van der Waals surface area (Å²) in [5, 5.41) is 13.5. The second-order valence-electron chi connectivity index (χ2n) is 6.56. The van der Waals surface area contributed by atoms with Crippen LogP contribution in [0.1, 0.15) is 13.8 Å². The Morgan fingerprint density at radius 1 is 1.48 bits per heavy atom. The van der Waals surface area contributed by atoms with E-state index in [0.717, 1.165) is 42.5 Å². The second-order valence-corrected chi connectivity index (χ2v) is 6.56. The maximum absolute atomic E-state index is 12.0. The van der Waals surface area contributed by atoms with Gasteiger partial charge in [-0.2, -0.15) is 0 Å². The van der Waals surface area contributed by atoms with Crippen molar-refractivity contribution in [2.45, 2.75) is 26.5 Å². The Morgan fingerprint density at radius 2 is 2.24 bits per heavy atom. The van der Waals surface area contributed by atoms with Crippen LogP contribution in [0.15, 0.2) is 23.1 Å². The summed E-state index contributed by atoms with van der Waals surface area (Å²) in [5.41, 5.74) is -0.690. The van der Waals surface area contributed by atoms with Crippen molar-refractivity contribution in [1.29, 1.82) is 0 Å². The molecule has 0 saturated carbocycles. The molecule has 1 fully saturated rings. The van der Waals surface area contributed by atoms with E-state index < -0.39 is 10.5 Å². The zero-order valence-electron chi connectivity index (χ0n) is 14.5. The van der Waals surface area contributed by atoms with Crippen molar-refractivity contribution in [2.75, 3.05) is 32.8 Å². The van der Waals surface area contributed by atoms with Gasteiger partial charge in [0.05, 0.1) is 23.8 Å². The Balaban J connectivity index is 1.85. The molecule has 2 heterocycles. The number of amides is 1. The molecule has 9 nitrogen and oxygen atoms in total. The maximum Gasteiger partial charge on any atom is 0.285 e. The van der Waals surface area contributed by atoms with Gasteiger partial charge in [0.2, 0.25) is 5.91 Å². The lowest BCUT2D eigenvalue weighted by atomic mass is 10.2. The molecule has 0 radical (unpaired) electrons. The Kier molecular flexibility index (Phi) is 6.65. The number of nitrogens with zero attached hydrogens (tertiary/aromatic N) is 3. The van der Waals surface area contributed by atoms with E-state index in [2.05, 4.69) is 24.1 Å². The van der Waals surface area contributed by atoms with E-state index in [1.807, 2.05) is 0 Å². The number of morpholine rings is 1. The molecule has 1 aromatic heterocycles. The van der Waals surface area contributed by atoms with Crippen LogP contribution in [-0.4, -0.2) is 59.2 Å². The van der Waals surface area contributed by atoms with Crippen LogP contribution in [0.3, 0.4) is 0 Å². The van der Waals surface area contributed by atoms with Crippen molar-refractivity contribution < 1.29 is 14.5 Å². The molecule has 1 unspecified atom stereocenters. The van der Waals surface area contributed by atoms with Crippen molar-refractivity contribution in [1.82, 2.24) is 14.8 Å². The molecule has 2 rings (SSSR count). The van der Waals surface area contributed by atoms with Gasteiger partial charge in [-0.15, -0.1) is 0 Å². The molecule has 1 aliphatic rings. The predicted octanol–water partition coefficient (Wildman–Crippen LogP) is 0.230. The van der Waals surface area contributed by atoms with Crippen molar-refractivity contribution in [3.05, 3.63) is 38.8 Å². The van der Waals surface area contributed by atoms with Gasteiger partial charge in [-0.1, -0.05) is 13.8 Å². The van der Waals surface area contributed by atoms with Crippen LogP contribution < -0.4 is 10.9 Å². The molecule has 1 atom stereocenters. The summed E-state index contributed by atoms with van der Waals surface area (Å²) in [4.78, 5) is 36.2. The quantitative estimate of drug-likeness (QED) is 0.556. The van der Waals surface area contributed by atoms with Crippen molar-refractivity contribution >= 4 is 11.6 Å². The molecule has 1 amide bonds. The van der Waals surface area contributed by atoms with Crippen LogP contribution in [0, 0.1) is 16.0 Å². The number of nitrogens with one attached hydrogen (secondary N) is 1. The van der Waals surface area contributed by atoms with Crippen molar-refractivity contribution in [2.24, 2.45) is 5.92 Å². The highest BCUT2D eigenvalue weighted by Crippen LogP contribution is 2.08. The fourth-order valence-corrected chi connectivity index (χ4v) is 2.77. The first-order chi connectivity index (χ1) is 11.8. The van der Waals surface area contributed by atoms with Gasteiger partial charge in [-0.05, 0) is 5.92 Å². The summed E-state index contributed by atoms with van der Waals surface area (Å²) in [6, 6.07) is 2.20. The summed E-state index contributed by atoms with van der Waals surface area (Å²) in [7, 11) is 0. The zero-order chi connectivity index (χ0) is 18.4. The number of carbonyl (C=O) groups is 1. The highest BCUT2D eigenvalue weighted by Gasteiger charge is 2.21.